The highest BCUT2D eigenvalue weighted by molar-refractivity contribution is 6.06. The predicted molar refractivity (Wildman–Crippen MR) is 42.3 cm³/mol. The predicted octanol–water partition coefficient (Wildman–Crippen LogP) is 0.743. The molecule has 4 bridgehead atoms. The number of ketones is 2. The lowest BCUT2D eigenvalue weighted by molar-refractivity contribution is -0.137. The van der Waals surface area contributed by atoms with Gasteiger partial charge in [-0.2, -0.15) is 0 Å². The number of carbonyl (C=O) groups is 2. The van der Waals surface area contributed by atoms with Gasteiger partial charge in [-0.25, -0.2) is 0 Å². The zero-order valence-corrected chi connectivity index (χ0v) is 6.44. The summed E-state index contributed by atoms with van der Waals surface area (Å²) in [5, 5.41) is 0. The summed E-state index contributed by atoms with van der Waals surface area (Å²) in [6, 6.07) is 0. The fourth-order valence-electron chi connectivity index (χ4n) is 2.49. The van der Waals surface area contributed by atoms with Crippen molar-refractivity contribution in [2.75, 3.05) is 0 Å². The molecule has 0 spiro atoms. The van der Waals surface area contributed by atoms with Gasteiger partial charge in [-0.1, -0.05) is 24.3 Å². The van der Waals surface area contributed by atoms with Crippen LogP contribution in [0.5, 0.6) is 0 Å². The monoisotopic (exact) mass is 160 g/mol. The van der Waals surface area contributed by atoms with Crippen LogP contribution in [0, 0.1) is 23.7 Å². The Morgan fingerprint density at radius 1 is 0.667 bits per heavy atom. The highest BCUT2D eigenvalue weighted by Crippen LogP contribution is 2.44. The molecule has 3 rings (SSSR count). The third-order valence-electron chi connectivity index (χ3n) is 3.14. The summed E-state index contributed by atoms with van der Waals surface area (Å²) < 4.78 is 0. The Balaban J connectivity index is 2.18. The minimum Gasteiger partial charge on any atom is -0.298 e. The van der Waals surface area contributed by atoms with E-state index < -0.39 is 0 Å². The van der Waals surface area contributed by atoms with Gasteiger partial charge in [0.2, 0.25) is 0 Å². The van der Waals surface area contributed by atoms with Crippen LogP contribution < -0.4 is 0 Å². The third-order valence-corrected chi connectivity index (χ3v) is 3.14. The molecule has 0 heterocycles. The largest absolute Gasteiger partial charge is 0.298 e. The minimum atomic E-state index is -0.127. The fourth-order valence-corrected chi connectivity index (χ4v) is 2.49. The van der Waals surface area contributed by atoms with E-state index in [9.17, 15) is 9.59 Å². The van der Waals surface area contributed by atoms with Crippen molar-refractivity contribution < 1.29 is 9.59 Å². The number of carbonyl (C=O) groups excluding carboxylic acids is 2. The average molecular weight is 160 g/mol. The summed E-state index contributed by atoms with van der Waals surface area (Å²) in [6.45, 7) is 0. The van der Waals surface area contributed by atoms with Crippen LogP contribution in [-0.2, 0) is 9.59 Å². The Morgan fingerprint density at radius 2 is 0.917 bits per heavy atom. The second kappa shape index (κ2) is 1.76. The molecule has 2 nitrogen and oxygen atoms in total. The standard InChI is InChI=1S/C10H8O2/c11-9-5-1-2-6(9)8-4-3-7(5)10(8)12/h1-8H/t5-,6+,7-,8+. The first-order chi connectivity index (χ1) is 5.79. The van der Waals surface area contributed by atoms with Crippen molar-refractivity contribution in [2.24, 2.45) is 23.7 Å². The maximum atomic E-state index is 11.5. The lowest BCUT2D eigenvalue weighted by Crippen LogP contribution is -2.38. The van der Waals surface area contributed by atoms with E-state index in [4.69, 9.17) is 0 Å². The van der Waals surface area contributed by atoms with E-state index in [1.807, 2.05) is 24.3 Å². The summed E-state index contributed by atoms with van der Waals surface area (Å²) in [7, 11) is 0. The van der Waals surface area contributed by atoms with Crippen LogP contribution in [0.2, 0.25) is 0 Å². The van der Waals surface area contributed by atoms with Gasteiger partial charge in [0, 0.05) is 23.7 Å². The fraction of sp³-hybridized carbons (Fsp3) is 0.400. The number of allylic oxidation sites excluding steroid dienone is 4. The average Bonchev–Trinajstić information content (AvgIpc) is 2.41. The van der Waals surface area contributed by atoms with Crippen molar-refractivity contribution >= 4 is 11.6 Å². The van der Waals surface area contributed by atoms with Gasteiger partial charge >= 0.3 is 0 Å². The van der Waals surface area contributed by atoms with Gasteiger partial charge in [-0.05, 0) is 0 Å². The van der Waals surface area contributed by atoms with E-state index in [0.717, 1.165) is 0 Å². The highest BCUT2D eigenvalue weighted by Gasteiger charge is 2.51. The van der Waals surface area contributed by atoms with Gasteiger partial charge in [-0.15, -0.1) is 0 Å². The van der Waals surface area contributed by atoms with Crippen molar-refractivity contribution in [3.63, 3.8) is 0 Å². The maximum absolute atomic E-state index is 11.5. The lowest BCUT2D eigenvalue weighted by atomic mass is 9.76. The number of fused-ring (bicyclic) bond motifs is 6. The van der Waals surface area contributed by atoms with E-state index in [1.54, 1.807) is 0 Å². The van der Waals surface area contributed by atoms with Crippen LogP contribution in [0.15, 0.2) is 24.3 Å². The molecule has 4 atom stereocenters. The molecule has 3 aliphatic rings. The van der Waals surface area contributed by atoms with E-state index in [1.165, 1.54) is 0 Å². The summed E-state index contributed by atoms with van der Waals surface area (Å²) in [6.07, 6.45) is 7.61. The molecule has 1 fully saturated rings. The molecule has 3 aliphatic carbocycles. The highest BCUT2D eigenvalue weighted by atomic mass is 16.1. The van der Waals surface area contributed by atoms with Crippen molar-refractivity contribution in [1.82, 2.24) is 0 Å². The molecular formula is C10H8O2. The Morgan fingerprint density at radius 3 is 1.17 bits per heavy atom. The molecule has 0 N–H and O–H groups in total. The molecule has 12 heavy (non-hydrogen) atoms. The van der Waals surface area contributed by atoms with E-state index >= 15 is 0 Å². The topological polar surface area (TPSA) is 34.1 Å². The Kier molecular flexibility index (Phi) is 0.932. The van der Waals surface area contributed by atoms with Crippen LogP contribution in [0.25, 0.3) is 0 Å². The second-order valence-corrected chi connectivity index (χ2v) is 3.68. The molecule has 0 aromatic rings. The lowest BCUT2D eigenvalue weighted by Gasteiger charge is -2.24. The normalized spacial score (nSPS) is 47.7. The molecule has 0 aromatic heterocycles. The van der Waals surface area contributed by atoms with Gasteiger partial charge < -0.3 is 0 Å². The van der Waals surface area contributed by atoms with Gasteiger partial charge in [0.1, 0.15) is 11.6 Å². The number of Topliss-reactive ketones (excluding diaryl/α,β-unsaturated/α-hetero) is 2. The molecule has 0 amide bonds. The number of hydrogen-bond acceptors (Lipinski definition) is 2. The van der Waals surface area contributed by atoms with E-state index in [-0.39, 0.29) is 35.2 Å². The van der Waals surface area contributed by atoms with Gasteiger partial charge in [0.15, 0.2) is 0 Å². The van der Waals surface area contributed by atoms with Crippen molar-refractivity contribution in [3.8, 4) is 0 Å². The second-order valence-electron chi connectivity index (χ2n) is 3.68. The van der Waals surface area contributed by atoms with Crippen LogP contribution in [0.3, 0.4) is 0 Å². The van der Waals surface area contributed by atoms with Crippen molar-refractivity contribution in [2.45, 2.75) is 0 Å². The first-order valence-electron chi connectivity index (χ1n) is 4.23. The van der Waals surface area contributed by atoms with Crippen LogP contribution in [0.4, 0.5) is 0 Å². The maximum Gasteiger partial charge on any atom is 0.148 e. The molecule has 0 aromatic carbocycles. The third kappa shape index (κ3) is 0.501. The van der Waals surface area contributed by atoms with Crippen LogP contribution in [0.1, 0.15) is 0 Å². The quantitative estimate of drug-likeness (QED) is 0.490. The molecule has 0 aliphatic heterocycles. The first-order valence-corrected chi connectivity index (χ1v) is 4.23. The molecule has 0 radical (unpaired) electrons. The van der Waals surface area contributed by atoms with Gasteiger partial charge in [0.25, 0.3) is 0 Å². The van der Waals surface area contributed by atoms with Gasteiger partial charge in [-0.3, -0.25) is 9.59 Å². The van der Waals surface area contributed by atoms with Crippen molar-refractivity contribution in [1.29, 1.82) is 0 Å². The molecule has 0 unspecified atom stereocenters. The summed E-state index contributed by atoms with van der Waals surface area (Å²) in [4.78, 5) is 23.1. The first kappa shape index (κ1) is 6.35. The summed E-state index contributed by atoms with van der Waals surface area (Å²) in [5.41, 5.74) is 0. The number of rotatable bonds is 0. The Bertz CT molecular complexity index is 276. The van der Waals surface area contributed by atoms with E-state index in [2.05, 4.69) is 0 Å². The molecule has 60 valence electrons. The van der Waals surface area contributed by atoms with Crippen LogP contribution >= 0.6 is 0 Å². The van der Waals surface area contributed by atoms with E-state index in [0.29, 0.717) is 0 Å². The molecular weight excluding hydrogens is 152 g/mol. The Hall–Kier alpha value is -1.18. The smallest absolute Gasteiger partial charge is 0.148 e. The summed E-state index contributed by atoms with van der Waals surface area (Å²) >= 11 is 0. The summed E-state index contributed by atoms with van der Waals surface area (Å²) in [5.74, 6) is -0.0193. The zero-order chi connectivity index (χ0) is 8.29. The molecule has 0 saturated heterocycles. The van der Waals surface area contributed by atoms with Crippen LogP contribution in [-0.4, -0.2) is 11.6 Å². The van der Waals surface area contributed by atoms with Gasteiger partial charge in [0.05, 0.1) is 0 Å². The molecule has 2 heteroatoms. The number of hydrogen-bond donors (Lipinski definition) is 0. The zero-order valence-electron chi connectivity index (χ0n) is 6.44. The SMILES string of the molecule is O=C1[C@H]2C=C[C@@H]1[C@H]1C=C[C@@H]2C1=O. The van der Waals surface area contributed by atoms with Crippen molar-refractivity contribution in [3.05, 3.63) is 24.3 Å². The Labute approximate surface area is 70.0 Å². The molecule has 1 saturated carbocycles. The minimum absolute atomic E-state index is 0.127.